The van der Waals surface area contributed by atoms with E-state index in [-0.39, 0.29) is 16.1 Å². The summed E-state index contributed by atoms with van der Waals surface area (Å²) in [7, 11) is 0. The molecule has 76 valence electrons. The zero-order valence-electron chi connectivity index (χ0n) is 7.32. The van der Waals surface area contributed by atoms with Gasteiger partial charge in [-0.15, -0.1) is 0 Å². The Hall–Kier alpha value is -1.81. The number of allylic oxidation sites excluding steroid dienone is 2. The monoisotopic (exact) mass is 224 g/mol. The zero-order valence-corrected chi connectivity index (χ0v) is 8.08. The van der Waals surface area contributed by atoms with Crippen molar-refractivity contribution in [2.75, 3.05) is 0 Å². The molecule has 0 spiro atoms. The highest BCUT2D eigenvalue weighted by atomic mass is 35.5. The number of halogens is 1. The molecule has 0 aliphatic heterocycles. The van der Waals surface area contributed by atoms with E-state index in [2.05, 4.69) is 0 Å². The maximum Gasteiger partial charge on any atom is 0.232 e. The van der Waals surface area contributed by atoms with E-state index in [1.165, 1.54) is 18.2 Å². The fourth-order valence-corrected chi connectivity index (χ4v) is 1.54. The SMILES string of the molecule is O=C1C(O)=C(O)C(=O)c2cc(Cl)ccc21. The fraction of sp³-hybridized carbons (Fsp3) is 0. The Balaban J connectivity index is 2.73. The Morgan fingerprint density at radius 2 is 1.47 bits per heavy atom. The lowest BCUT2D eigenvalue weighted by Gasteiger charge is -2.13. The number of carbonyl (C=O) groups excluding carboxylic acids is 2. The van der Waals surface area contributed by atoms with E-state index in [9.17, 15) is 14.7 Å². The van der Waals surface area contributed by atoms with E-state index in [1.807, 2.05) is 0 Å². The summed E-state index contributed by atoms with van der Waals surface area (Å²) in [5.41, 5.74) is 0.0440. The smallest absolute Gasteiger partial charge is 0.232 e. The van der Waals surface area contributed by atoms with Crippen LogP contribution in [0.5, 0.6) is 0 Å². The fourth-order valence-electron chi connectivity index (χ4n) is 1.37. The summed E-state index contributed by atoms with van der Waals surface area (Å²) in [6, 6.07) is 4.04. The first-order valence-corrected chi connectivity index (χ1v) is 4.41. The second-order valence-electron chi connectivity index (χ2n) is 3.05. The number of Topliss-reactive ketones (excluding diaryl/α,β-unsaturated/α-hetero) is 2. The molecule has 1 aromatic rings. The van der Waals surface area contributed by atoms with Crippen LogP contribution in [0.2, 0.25) is 5.02 Å². The third-order valence-corrected chi connectivity index (χ3v) is 2.36. The Morgan fingerprint density at radius 3 is 2.07 bits per heavy atom. The van der Waals surface area contributed by atoms with E-state index in [4.69, 9.17) is 16.7 Å². The predicted molar refractivity (Wildman–Crippen MR) is 52.4 cm³/mol. The molecule has 0 fully saturated rings. The highest BCUT2D eigenvalue weighted by Gasteiger charge is 2.32. The molecule has 0 amide bonds. The van der Waals surface area contributed by atoms with E-state index < -0.39 is 23.1 Å². The summed E-state index contributed by atoms with van der Waals surface area (Å²) < 4.78 is 0. The number of ketones is 2. The van der Waals surface area contributed by atoms with Crippen LogP contribution in [0.15, 0.2) is 29.7 Å². The number of hydrogen-bond donors (Lipinski definition) is 2. The third kappa shape index (κ3) is 1.30. The van der Waals surface area contributed by atoms with Crippen LogP contribution in [0.3, 0.4) is 0 Å². The van der Waals surface area contributed by atoms with Crippen molar-refractivity contribution >= 4 is 23.2 Å². The standard InChI is InChI=1S/C10H5ClO4/c11-4-1-2-5-6(3-4)8(13)10(15)9(14)7(5)12/h1-3,14-15H. The molecular weight excluding hydrogens is 220 g/mol. The summed E-state index contributed by atoms with van der Waals surface area (Å²) in [6.45, 7) is 0. The molecule has 15 heavy (non-hydrogen) atoms. The summed E-state index contributed by atoms with van der Waals surface area (Å²) in [5, 5.41) is 18.6. The van der Waals surface area contributed by atoms with Crippen molar-refractivity contribution in [2.45, 2.75) is 0 Å². The Kier molecular flexibility index (Phi) is 2.01. The average Bonchev–Trinajstić information content (AvgIpc) is 2.23. The first-order valence-electron chi connectivity index (χ1n) is 4.03. The van der Waals surface area contributed by atoms with Crippen molar-refractivity contribution in [3.05, 3.63) is 45.9 Å². The maximum absolute atomic E-state index is 11.4. The molecule has 0 radical (unpaired) electrons. The number of aliphatic hydroxyl groups excluding tert-OH is 2. The van der Waals surface area contributed by atoms with Crippen LogP contribution in [0.1, 0.15) is 20.7 Å². The minimum atomic E-state index is -0.935. The van der Waals surface area contributed by atoms with Crippen molar-refractivity contribution in [2.24, 2.45) is 0 Å². The summed E-state index contributed by atoms with van der Waals surface area (Å²) in [4.78, 5) is 22.9. The average molecular weight is 225 g/mol. The summed E-state index contributed by atoms with van der Waals surface area (Å²) in [5.74, 6) is -3.44. The highest BCUT2D eigenvalue weighted by molar-refractivity contribution is 6.32. The van der Waals surface area contributed by atoms with Crippen molar-refractivity contribution in [1.29, 1.82) is 0 Å². The van der Waals surface area contributed by atoms with E-state index in [0.717, 1.165) is 0 Å². The molecule has 1 aliphatic rings. The van der Waals surface area contributed by atoms with Gasteiger partial charge in [-0.3, -0.25) is 9.59 Å². The molecule has 2 N–H and O–H groups in total. The van der Waals surface area contributed by atoms with Gasteiger partial charge < -0.3 is 10.2 Å². The molecule has 1 aromatic carbocycles. The van der Waals surface area contributed by atoms with Crippen LogP contribution in [-0.4, -0.2) is 21.8 Å². The summed E-state index contributed by atoms with van der Waals surface area (Å²) in [6.07, 6.45) is 0. The predicted octanol–water partition coefficient (Wildman–Crippen LogP) is 2.05. The molecular formula is C10H5ClO4. The molecule has 0 heterocycles. The topological polar surface area (TPSA) is 74.6 Å². The molecule has 4 nitrogen and oxygen atoms in total. The lowest BCUT2D eigenvalue weighted by atomic mass is 9.92. The van der Waals surface area contributed by atoms with Crippen molar-refractivity contribution in [3.8, 4) is 0 Å². The van der Waals surface area contributed by atoms with Gasteiger partial charge in [0.1, 0.15) is 0 Å². The lowest BCUT2D eigenvalue weighted by molar-refractivity contribution is 0.0881. The van der Waals surface area contributed by atoms with Gasteiger partial charge in [0.25, 0.3) is 0 Å². The molecule has 2 rings (SSSR count). The van der Waals surface area contributed by atoms with Crippen LogP contribution >= 0.6 is 11.6 Å². The quantitative estimate of drug-likeness (QED) is 0.707. The minimum Gasteiger partial charge on any atom is -0.501 e. The second-order valence-corrected chi connectivity index (χ2v) is 3.48. The molecule has 0 bridgehead atoms. The Morgan fingerprint density at radius 1 is 0.933 bits per heavy atom. The van der Waals surface area contributed by atoms with Crippen LogP contribution in [-0.2, 0) is 0 Å². The van der Waals surface area contributed by atoms with Gasteiger partial charge in [-0.1, -0.05) is 11.6 Å². The summed E-state index contributed by atoms with van der Waals surface area (Å²) >= 11 is 5.65. The van der Waals surface area contributed by atoms with E-state index in [1.54, 1.807) is 0 Å². The van der Waals surface area contributed by atoms with Crippen molar-refractivity contribution in [3.63, 3.8) is 0 Å². The number of carbonyl (C=O) groups is 2. The van der Waals surface area contributed by atoms with Crippen LogP contribution in [0.4, 0.5) is 0 Å². The highest BCUT2D eigenvalue weighted by Crippen LogP contribution is 2.26. The Labute approximate surface area is 89.4 Å². The van der Waals surface area contributed by atoms with Gasteiger partial charge >= 0.3 is 0 Å². The zero-order chi connectivity index (χ0) is 11.2. The molecule has 5 heteroatoms. The lowest BCUT2D eigenvalue weighted by Crippen LogP contribution is -2.21. The van der Waals surface area contributed by atoms with Gasteiger partial charge in [0.05, 0.1) is 0 Å². The van der Waals surface area contributed by atoms with Crippen LogP contribution < -0.4 is 0 Å². The largest absolute Gasteiger partial charge is 0.501 e. The first-order chi connectivity index (χ1) is 7.02. The number of fused-ring (bicyclic) bond motifs is 1. The van der Waals surface area contributed by atoms with Gasteiger partial charge in [0, 0.05) is 16.1 Å². The van der Waals surface area contributed by atoms with Gasteiger partial charge in [-0.2, -0.15) is 0 Å². The number of benzene rings is 1. The third-order valence-electron chi connectivity index (χ3n) is 2.13. The van der Waals surface area contributed by atoms with Crippen molar-refractivity contribution < 1.29 is 19.8 Å². The molecule has 0 saturated carbocycles. The van der Waals surface area contributed by atoms with E-state index >= 15 is 0 Å². The number of aliphatic hydroxyl groups is 2. The van der Waals surface area contributed by atoms with Crippen LogP contribution in [0.25, 0.3) is 0 Å². The second kappa shape index (κ2) is 3.10. The Bertz CT molecular complexity index is 516. The molecule has 0 unspecified atom stereocenters. The minimum absolute atomic E-state index is 0.00259. The molecule has 0 saturated heterocycles. The molecule has 1 aliphatic carbocycles. The normalized spacial score (nSPS) is 15.5. The van der Waals surface area contributed by atoms with Gasteiger partial charge in [-0.05, 0) is 18.2 Å². The van der Waals surface area contributed by atoms with Gasteiger partial charge in [0.15, 0.2) is 0 Å². The van der Waals surface area contributed by atoms with Gasteiger partial charge in [0.2, 0.25) is 23.1 Å². The number of rotatable bonds is 0. The van der Waals surface area contributed by atoms with Crippen molar-refractivity contribution in [1.82, 2.24) is 0 Å². The molecule has 0 atom stereocenters. The number of hydrogen-bond acceptors (Lipinski definition) is 4. The van der Waals surface area contributed by atoms with E-state index in [0.29, 0.717) is 0 Å². The maximum atomic E-state index is 11.4. The van der Waals surface area contributed by atoms with Gasteiger partial charge in [-0.25, -0.2) is 0 Å². The van der Waals surface area contributed by atoms with Crippen LogP contribution in [0, 0.1) is 0 Å². The molecule has 0 aromatic heterocycles. The first kappa shape index (κ1) is 9.73.